The number of hydrogen-bond donors (Lipinski definition) is 0. The fourth-order valence-corrected chi connectivity index (χ4v) is 1.72. The van der Waals surface area contributed by atoms with E-state index in [4.69, 9.17) is 11.6 Å². The molecule has 0 aliphatic rings. The van der Waals surface area contributed by atoms with Gasteiger partial charge in [0.15, 0.2) is 0 Å². The van der Waals surface area contributed by atoms with Gasteiger partial charge < -0.3 is 0 Å². The maximum atomic E-state index is 5.62. The first-order valence-corrected chi connectivity index (χ1v) is 7.80. The zero-order valence-corrected chi connectivity index (χ0v) is 13.8. The van der Waals surface area contributed by atoms with Crippen LogP contribution in [0.5, 0.6) is 0 Å². The van der Waals surface area contributed by atoms with Crippen LogP contribution >= 0.6 is 11.6 Å². The Morgan fingerprint density at radius 3 is 2.20 bits per heavy atom. The van der Waals surface area contributed by atoms with Crippen LogP contribution in [0.15, 0.2) is 60.7 Å². The molecule has 0 nitrogen and oxygen atoms in total. The van der Waals surface area contributed by atoms with E-state index in [1.807, 2.05) is 12.2 Å². The van der Waals surface area contributed by atoms with Gasteiger partial charge in [-0.05, 0) is 30.9 Å². The number of alkyl halides is 1. The van der Waals surface area contributed by atoms with Gasteiger partial charge in [0.2, 0.25) is 0 Å². The van der Waals surface area contributed by atoms with E-state index in [-0.39, 0.29) is 0 Å². The molecule has 110 valence electrons. The molecule has 1 aromatic carbocycles. The molecule has 0 heterocycles. The van der Waals surface area contributed by atoms with Crippen molar-refractivity contribution in [2.45, 2.75) is 45.9 Å². The van der Waals surface area contributed by atoms with Crippen LogP contribution in [-0.2, 0) is 12.3 Å². The van der Waals surface area contributed by atoms with Gasteiger partial charge in [-0.2, -0.15) is 0 Å². The van der Waals surface area contributed by atoms with Crippen LogP contribution in [0.2, 0.25) is 0 Å². The van der Waals surface area contributed by atoms with E-state index >= 15 is 0 Å². The van der Waals surface area contributed by atoms with Gasteiger partial charge in [-0.25, -0.2) is 0 Å². The van der Waals surface area contributed by atoms with Crippen molar-refractivity contribution in [3.05, 3.63) is 71.8 Å². The predicted octanol–water partition coefficient (Wildman–Crippen LogP) is 6.46. The highest BCUT2D eigenvalue weighted by Gasteiger charge is 1.89. The maximum Gasteiger partial charge on any atom is 0.0474 e. The molecule has 0 aromatic heterocycles. The predicted molar refractivity (Wildman–Crippen MR) is 93.4 cm³/mol. The number of unbranched alkanes of at least 4 members (excludes halogenated alkanes) is 1. The molecular weight excluding hydrogens is 264 g/mol. The van der Waals surface area contributed by atoms with Crippen molar-refractivity contribution in [3.63, 3.8) is 0 Å². The molecule has 0 aliphatic heterocycles. The van der Waals surface area contributed by atoms with Crippen LogP contribution < -0.4 is 0 Å². The molecular formula is C19H27Cl. The largest absolute Gasteiger partial charge is 0.122 e. The zero-order valence-electron chi connectivity index (χ0n) is 13.0. The van der Waals surface area contributed by atoms with Crippen LogP contribution in [0.25, 0.3) is 0 Å². The summed E-state index contributed by atoms with van der Waals surface area (Å²) >= 11 is 5.62. The normalized spacial score (nSPS) is 11.1. The zero-order chi connectivity index (χ0) is 15.2. The van der Waals surface area contributed by atoms with Gasteiger partial charge >= 0.3 is 0 Å². The summed E-state index contributed by atoms with van der Waals surface area (Å²) in [5.41, 5.74) is 3.83. The topological polar surface area (TPSA) is 0 Å². The lowest BCUT2D eigenvalue weighted by molar-refractivity contribution is 0.957. The van der Waals surface area contributed by atoms with E-state index < -0.39 is 0 Å². The SMILES string of the molecule is C=C/C=C(C)\C=C/CCC.CCc1ccc(CCl)cc1. The van der Waals surface area contributed by atoms with Crippen LogP contribution in [0.4, 0.5) is 0 Å². The minimum Gasteiger partial charge on any atom is -0.122 e. The fraction of sp³-hybridized carbons (Fsp3) is 0.368. The fourth-order valence-electron chi connectivity index (χ4n) is 1.54. The molecule has 0 radical (unpaired) electrons. The number of benzene rings is 1. The van der Waals surface area contributed by atoms with Gasteiger partial charge in [0.25, 0.3) is 0 Å². The lowest BCUT2D eigenvalue weighted by Gasteiger charge is -1.96. The van der Waals surface area contributed by atoms with Crippen LogP contribution in [0, 0.1) is 0 Å². The second-order valence-electron chi connectivity index (χ2n) is 4.64. The average Bonchev–Trinajstić information content (AvgIpc) is 2.48. The summed E-state index contributed by atoms with van der Waals surface area (Å²) in [4.78, 5) is 0. The number of aryl methyl sites for hydroxylation is 1. The molecule has 0 spiro atoms. The van der Waals surface area contributed by atoms with Crippen molar-refractivity contribution in [2.24, 2.45) is 0 Å². The minimum absolute atomic E-state index is 0.615. The Kier molecular flexibility index (Phi) is 11.9. The highest BCUT2D eigenvalue weighted by Crippen LogP contribution is 2.06. The molecule has 0 saturated carbocycles. The molecule has 1 aromatic rings. The van der Waals surface area contributed by atoms with Gasteiger partial charge in [-0.3, -0.25) is 0 Å². The molecule has 1 heteroatoms. The summed E-state index contributed by atoms with van der Waals surface area (Å²) in [7, 11) is 0. The second-order valence-corrected chi connectivity index (χ2v) is 4.91. The third-order valence-electron chi connectivity index (χ3n) is 2.80. The Labute approximate surface area is 129 Å². The maximum absolute atomic E-state index is 5.62. The monoisotopic (exact) mass is 290 g/mol. The van der Waals surface area contributed by atoms with E-state index in [0.29, 0.717) is 5.88 Å². The van der Waals surface area contributed by atoms with E-state index in [1.165, 1.54) is 29.5 Å². The van der Waals surface area contributed by atoms with E-state index in [2.05, 4.69) is 63.8 Å². The van der Waals surface area contributed by atoms with Crippen molar-refractivity contribution >= 4 is 11.6 Å². The molecule has 0 fully saturated rings. The van der Waals surface area contributed by atoms with E-state index in [9.17, 15) is 0 Å². The highest BCUT2D eigenvalue weighted by molar-refractivity contribution is 6.17. The molecule has 0 N–H and O–H groups in total. The van der Waals surface area contributed by atoms with Crippen molar-refractivity contribution in [1.29, 1.82) is 0 Å². The molecule has 0 atom stereocenters. The van der Waals surface area contributed by atoms with Crippen LogP contribution in [-0.4, -0.2) is 0 Å². The van der Waals surface area contributed by atoms with Gasteiger partial charge in [-0.15, -0.1) is 11.6 Å². The Hall–Kier alpha value is -1.27. The average molecular weight is 291 g/mol. The Morgan fingerprint density at radius 1 is 1.15 bits per heavy atom. The summed E-state index contributed by atoms with van der Waals surface area (Å²) in [6.07, 6.45) is 11.6. The molecule has 0 amide bonds. The first-order valence-electron chi connectivity index (χ1n) is 7.27. The van der Waals surface area contributed by atoms with Gasteiger partial charge in [0.05, 0.1) is 0 Å². The van der Waals surface area contributed by atoms with Crippen LogP contribution in [0.1, 0.15) is 44.7 Å². The van der Waals surface area contributed by atoms with Gasteiger partial charge in [-0.1, -0.05) is 81.0 Å². The standard InChI is InChI=1S/C10H16.C9H11Cl/c1-4-6-7-9-10(3)8-5-2;1-2-8-3-5-9(7-10)6-4-8/h5,7-9H,2,4,6H2,1,3H3;3-6H,2,7H2,1H3/b9-7-,10-8-;. The quantitative estimate of drug-likeness (QED) is 0.416. The molecule has 0 unspecified atom stereocenters. The molecule has 0 aliphatic carbocycles. The number of rotatable bonds is 6. The smallest absolute Gasteiger partial charge is 0.0474 e. The van der Waals surface area contributed by atoms with Crippen molar-refractivity contribution in [3.8, 4) is 0 Å². The first kappa shape index (κ1) is 18.7. The van der Waals surface area contributed by atoms with Gasteiger partial charge in [0, 0.05) is 5.88 Å². The number of halogens is 1. The van der Waals surface area contributed by atoms with Crippen molar-refractivity contribution in [2.75, 3.05) is 0 Å². The summed E-state index contributed by atoms with van der Waals surface area (Å²) in [6, 6.07) is 8.40. The summed E-state index contributed by atoms with van der Waals surface area (Å²) in [5.74, 6) is 0.615. The molecule has 20 heavy (non-hydrogen) atoms. The second kappa shape index (κ2) is 12.7. The summed E-state index contributed by atoms with van der Waals surface area (Å²) in [5, 5.41) is 0. The third-order valence-corrected chi connectivity index (χ3v) is 3.11. The third kappa shape index (κ3) is 9.63. The highest BCUT2D eigenvalue weighted by atomic mass is 35.5. The summed E-state index contributed by atoms with van der Waals surface area (Å²) < 4.78 is 0. The summed E-state index contributed by atoms with van der Waals surface area (Å²) in [6.45, 7) is 10.0. The first-order chi connectivity index (χ1) is 9.67. The van der Waals surface area contributed by atoms with E-state index in [0.717, 1.165) is 6.42 Å². The lowest BCUT2D eigenvalue weighted by atomic mass is 10.1. The number of allylic oxidation sites excluding steroid dienone is 5. The number of hydrogen-bond acceptors (Lipinski definition) is 0. The molecule has 1 rings (SSSR count). The minimum atomic E-state index is 0.615. The van der Waals surface area contributed by atoms with Crippen molar-refractivity contribution in [1.82, 2.24) is 0 Å². The molecule has 0 bridgehead atoms. The Balaban J connectivity index is 0.000000361. The Morgan fingerprint density at radius 2 is 1.75 bits per heavy atom. The van der Waals surface area contributed by atoms with Gasteiger partial charge in [0.1, 0.15) is 0 Å². The van der Waals surface area contributed by atoms with Crippen LogP contribution in [0.3, 0.4) is 0 Å². The lowest BCUT2D eigenvalue weighted by Crippen LogP contribution is -1.80. The van der Waals surface area contributed by atoms with Crippen molar-refractivity contribution < 1.29 is 0 Å². The molecule has 0 saturated heterocycles. The van der Waals surface area contributed by atoms with E-state index in [1.54, 1.807) is 0 Å². The Bertz CT molecular complexity index is 387.